The number of carbonyl (C=O) groups excluding carboxylic acids is 2. The van der Waals surface area contributed by atoms with Gasteiger partial charge in [-0.25, -0.2) is 0 Å². The SMILES string of the molecule is Cc1cc(C(=O)N2[C@@H]3CC[C@H]2CC(NC(=O)c2ccncc2)C3)nn1C. The summed E-state index contributed by atoms with van der Waals surface area (Å²) in [4.78, 5) is 31.3. The predicted octanol–water partition coefficient (Wildman–Crippen LogP) is 1.69. The van der Waals surface area contributed by atoms with Gasteiger partial charge >= 0.3 is 0 Å². The van der Waals surface area contributed by atoms with Crippen LogP contribution in [0.4, 0.5) is 0 Å². The smallest absolute Gasteiger partial charge is 0.274 e. The lowest BCUT2D eigenvalue weighted by atomic mass is 9.96. The second kappa shape index (κ2) is 6.55. The first-order valence-electron chi connectivity index (χ1n) is 9.07. The van der Waals surface area contributed by atoms with E-state index in [1.54, 1.807) is 29.2 Å². The molecular weight excluding hydrogens is 330 g/mol. The maximum atomic E-state index is 12.9. The lowest BCUT2D eigenvalue weighted by Crippen LogP contribution is -2.52. The van der Waals surface area contributed by atoms with Crippen molar-refractivity contribution in [1.82, 2.24) is 25.0 Å². The van der Waals surface area contributed by atoms with Crippen LogP contribution >= 0.6 is 0 Å². The Morgan fingerprint density at radius 2 is 1.81 bits per heavy atom. The summed E-state index contributed by atoms with van der Waals surface area (Å²) >= 11 is 0. The van der Waals surface area contributed by atoms with Crippen LogP contribution in [0.3, 0.4) is 0 Å². The number of nitrogens with one attached hydrogen (secondary N) is 1. The van der Waals surface area contributed by atoms with Gasteiger partial charge in [-0.1, -0.05) is 0 Å². The van der Waals surface area contributed by atoms with E-state index in [1.165, 1.54) is 0 Å². The third-order valence-corrected chi connectivity index (χ3v) is 5.58. The molecular formula is C19H23N5O2. The molecule has 0 spiro atoms. The second-order valence-corrected chi connectivity index (χ2v) is 7.27. The average Bonchev–Trinajstić information content (AvgIpc) is 3.11. The Kier molecular flexibility index (Phi) is 4.22. The van der Waals surface area contributed by atoms with Gasteiger partial charge in [-0.05, 0) is 50.8 Å². The van der Waals surface area contributed by atoms with Gasteiger partial charge in [0.05, 0.1) is 0 Å². The van der Waals surface area contributed by atoms with Crippen molar-refractivity contribution in [1.29, 1.82) is 0 Å². The molecule has 2 aliphatic rings. The van der Waals surface area contributed by atoms with Crippen LogP contribution in [0.1, 0.15) is 52.2 Å². The largest absolute Gasteiger partial charge is 0.349 e. The van der Waals surface area contributed by atoms with E-state index in [1.807, 2.05) is 24.9 Å². The van der Waals surface area contributed by atoms with E-state index >= 15 is 0 Å². The van der Waals surface area contributed by atoms with Crippen molar-refractivity contribution in [3.8, 4) is 0 Å². The molecule has 2 amide bonds. The first kappa shape index (κ1) is 16.8. The molecule has 1 N–H and O–H groups in total. The summed E-state index contributed by atoms with van der Waals surface area (Å²) in [5, 5.41) is 7.46. The molecule has 2 saturated heterocycles. The number of rotatable bonds is 3. The van der Waals surface area contributed by atoms with E-state index in [9.17, 15) is 9.59 Å². The second-order valence-electron chi connectivity index (χ2n) is 7.27. The Labute approximate surface area is 152 Å². The Morgan fingerprint density at radius 1 is 1.15 bits per heavy atom. The molecule has 7 nitrogen and oxygen atoms in total. The fraction of sp³-hybridized carbons (Fsp3) is 0.474. The Bertz CT molecular complexity index is 798. The molecule has 2 aromatic heterocycles. The van der Waals surface area contributed by atoms with Crippen molar-refractivity contribution < 1.29 is 9.59 Å². The Hall–Kier alpha value is -2.70. The minimum Gasteiger partial charge on any atom is -0.349 e. The molecule has 4 heterocycles. The van der Waals surface area contributed by atoms with Crippen molar-refractivity contribution in [2.24, 2.45) is 7.05 Å². The minimum atomic E-state index is -0.0723. The lowest BCUT2D eigenvalue weighted by molar-refractivity contribution is 0.0543. The molecule has 4 rings (SSSR count). The zero-order valence-corrected chi connectivity index (χ0v) is 15.1. The van der Waals surface area contributed by atoms with Crippen molar-refractivity contribution in [3.05, 3.63) is 47.5 Å². The van der Waals surface area contributed by atoms with Gasteiger partial charge in [0.25, 0.3) is 11.8 Å². The number of pyridine rings is 1. The number of nitrogens with zero attached hydrogens (tertiary/aromatic N) is 4. The predicted molar refractivity (Wildman–Crippen MR) is 95.6 cm³/mol. The summed E-state index contributed by atoms with van der Waals surface area (Å²) in [6.45, 7) is 1.94. The molecule has 0 radical (unpaired) electrons. The number of hydrogen-bond donors (Lipinski definition) is 1. The average molecular weight is 353 g/mol. The van der Waals surface area contributed by atoms with Crippen LogP contribution in [-0.2, 0) is 7.05 Å². The maximum absolute atomic E-state index is 12.9. The highest BCUT2D eigenvalue weighted by Gasteiger charge is 2.44. The van der Waals surface area contributed by atoms with Crippen LogP contribution in [0.5, 0.6) is 0 Å². The van der Waals surface area contributed by atoms with Gasteiger partial charge in [0.2, 0.25) is 0 Å². The van der Waals surface area contributed by atoms with Crippen LogP contribution < -0.4 is 5.32 Å². The molecule has 2 bridgehead atoms. The number of amides is 2. The monoisotopic (exact) mass is 353 g/mol. The molecule has 1 unspecified atom stereocenters. The third-order valence-electron chi connectivity index (χ3n) is 5.58. The van der Waals surface area contributed by atoms with Crippen molar-refractivity contribution in [3.63, 3.8) is 0 Å². The van der Waals surface area contributed by atoms with Gasteiger partial charge in [0, 0.05) is 48.8 Å². The third kappa shape index (κ3) is 2.98. The number of piperidine rings is 1. The summed E-state index contributed by atoms with van der Waals surface area (Å²) in [6.07, 6.45) is 6.81. The van der Waals surface area contributed by atoms with Gasteiger partial charge in [-0.15, -0.1) is 0 Å². The van der Waals surface area contributed by atoms with Crippen LogP contribution in [0, 0.1) is 6.92 Å². The van der Waals surface area contributed by atoms with E-state index in [0.717, 1.165) is 31.4 Å². The maximum Gasteiger partial charge on any atom is 0.274 e. The summed E-state index contributed by atoms with van der Waals surface area (Å²) in [6, 6.07) is 5.72. The van der Waals surface area contributed by atoms with E-state index in [-0.39, 0.29) is 29.9 Å². The van der Waals surface area contributed by atoms with Crippen LogP contribution in [0.15, 0.2) is 30.6 Å². The first-order chi connectivity index (χ1) is 12.5. The molecule has 2 aliphatic heterocycles. The number of aryl methyl sites for hydroxylation is 2. The topological polar surface area (TPSA) is 80.1 Å². The molecule has 2 fully saturated rings. The lowest BCUT2D eigenvalue weighted by Gasteiger charge is -2.38. The van der Waals surface area contributed by atoms with E-state index in [2.05, 4.69) is 15.4 Å². The molecule has 26 heavy (non-hydrogen) atoms. The fourth-order valence-corrected chi connectivity index (χ4v) is 4.20. The van der Waals surface area contributed by atoms with Gasteiger partial charge in [0.1, 0.15) is 0 Å². The number of carbonyl (C=O) groups is 2. The van der Waals surface area contributed by atoms with Gasteiger partial charge in [-0.2, -0.15) is 5.10 Å². The van der Waals surface area contributed by atoms with Crippen molar-refractivity contribution in [2.45, 2.75) is 50.7 Å². The molecule has 3 atom stereocenters. The van der Waals surface area contributed by atoms with Crippen LogP contribution in [-0.4, -0.2) is 49.6 Å². The molecule has 7 heteroatoms. The quantitative estimate of drug-likeness (QED) is 0.911. The molecule has 2 aromatic rings. The highest BCUT2D eigenvalue weighted by molar-refractivity contribution is 5.94. The van der Waals surface area contributed by atoms with E-state index in [0.29, 0.717) is 11.3 Å². The standard InChI is InChI=1S/C19H23N5O2/c1-12-9-17(22-23(12)2)19(26)24-15-3-4-16(24)11-14(10-15)21-18(25)13-5-7-20-8-6-13/h5-9,14-16H,3-4,10-11H2,1-2H3,(H,21,25)/t14?,15-,16+. The zero-order chi connectivity index (χ0) is 18.3. The molecule has 0 aliphatic carbocycles. The van der Waals surface area contributed by atoms with Gasteiger partial charge in [-0.3, -0.25) is 19.3 Å². The number of aromatic nitrogens is 3. The summed E-state index contributed by atoms with van der Waals surface area (Å²) in [7, 11) is 1.85. The summed E-state index contributed by atoms with van der Waals surface area (Å²) in [5.74, 6) is -0.0583. The Balaban J connectivity index is 1.44. The van der Waals surface area contributed by atoms with Crippen molar-refractivity contribution >= 4 is 11.8 Å². The molecule has 0 saturated carbocycles. The highest BCUT2D eigenvalue weighted by Crippen LogP contribution is 2.36. The van der Waals surface area contributed by atoms with Gasteiger partial charge in [0.15, 0.2) is 5.69 Å². The summed E-state index contributed by atoms with van der Waals surface area (Å²) < 4.78 is 1.73. The minimum absolute atomic E-state index is 0.0140. The normalized spacial score (nSPS) is 24.5. The number of fused-ring (bicyclic) bond motifs is 2. The molecule has 0 aromatic carbocycles. The Morgan fingerprint density at radius 3 is 2.38 bits per heavy atom. The summed E-state index contributed by atoms with van der Waals surface area (Å²) in [5.41, 5.74) is 2.11. The van der Waals surface area contributed by atoms with Crippen LogP contribution in [0.2, 0.25) is 0 Å². The molecule has 136 valence electrons. The van der Waals surface area contributed by atoms with Crippen molar-refractivity contribution in [2.75, 3.05) is 0 Å². The van der Waals surface area contributed by atoms with Crippen LogP contribution in [0.25, 0.3) is 0 Å². The van der Waals surface area contributed by atoms with Gasteiger partial charge < -0.3 is 10.2 Å². The van der Waals surface area contributed by atoms with E-state index in [4.69, 9.17) is 0 Å². The van der Waals surface area contributed by atoms with E-state index < -0.39 is 0 Å². The highest BCUT2D eigenvalue weighted by atomic mass is 16.2. The first-order valence-corrected chi connectivity index (χ1v) is 9.07. The fourth-order valence-electron chi connectivity index (χ4n) is 4.20. The zero-order valence-electron chi connectivity index (χ0n) is 15.1. The number of hydrogen-bond acceptors (Lipinski definition) is 4.